The molecule has 8 nitrogen and oxygen atoms in total. The van der Waals surface area contributed by atoms with Gasteiger partial charge in [0, 0.05) is 6.04 Å². The van der Waals surface area contributed by atoms with E-state index in [9.17, 15) is 18.8 Å². The average Bonchev–Trinajstić information content (AvgIpc) is 3.56. The molecule has 9 heteroatoms. The number of para-hydroxylation sites is 1. The number of halogens is 1. The van der Waals surface area contributed by atoms with Gasteiger partial charge in [-0.1, -0.05) is 31.4 Å². The number of benzene rings is 1. The summed E-state index contributed by atoms with van der Waals surface area (Å²) in [6, 6.07) is 10.3. The predicted molar refractivity (Wildman–Crippen MR) is 121 cm³/mol. The molecule has 1 aliphatic rings. The highest BCUT2D eigenvalue weighted by Gasteiger charge is 2.39. The summed E-state index contributed by atoms with van der Waals surface area (Å²) in [4.78, 5) is 40.6. The summed E-state index contributed by atoms with van der Waals surface area (Å²) < 4.78 is 25.6. The fourth-order valence-corrected chi connectivity index (χ4v) is 4.12. The topological polar surface area (TPSA) is 105 Å². The van der Waals surface area contributed by atoms with Crippen LogP contribution in [-0.4, -0.2) is 23.8 Å². The minimum absolute atomic E-state index is 0.0383. The molecule has 1 atom stereocenters. The molecule has 34 heavy (non-hydrogen) atoms. The van der Waals surface area contributed by atoms with Crippen molar-refractivity contribution in [3.8, 4) is 0 Å². The standard InChI is InChI=1S/C25H26FN3O5/c26-19-11-4-5-12-20(19)29(25(32)24(31)28-17-8-2-1-3-9-17)22(21-13-7-15-34-21)23(30)27-16-18-10-6-14-33-18/h4-7,10-15,17,22H,1-3,8-9,16H2,(H,27,30)(H,28,31)/t22-/m0/s1. The highest BCUT2D eigenvalue weighted by atomic mass is 19.1. The first kappa shape index (κ1) is 23.3. The zero-order valence-corrected chi connectivity index (χ0v) is 18.5. The second-order valence-electron chi connectivity index (χ2n) is 8.15. The van der Waals surface area contributed by atoms with E-state index < -0.39 is 29.6 Å². The highest BCUT2D eigenvalue weighted by molar-refractivity contribution is 6.41. The molecule has 1 saturated carbocycles. The number of carbonyl (C=O) groups excluding carboxylic acids is 3. The number of hydrogen-bond donors (Lipinski definition) is 2. The van der Waals surface area contributed by atoms with Crippen molar-refractivity contribution in [3.05, 3.63) is 78.4 Å². The summed E-state index contributed by atoms with van der Waals surface area (Å²) in [5, 5.41) is 5.43. The summed E-state index contributed by atoms with van der Waals surface area (Å²) in [5.74, 6) is -2.79. The molecule has 3 amide bonds. The van der Waals surface area contributed by atoms with Crippen LogP contribution in [0.3, 0.4) is 0 Å². The van der Waals surface area contributed by atoms with Gasteiger partial charge in [0.25, 0.3) is 5.91 Å². The smallest absolute Gasteiger partial charge is 0.317 e. The van der Waals surface area contributed by atoms with Gasteiger partial charge in [-0.3, -0.25) is 19.3 Å². The average molecular weight is 467 g/mol. The lowest BCUT2D eigenvalue weighted by molar-refractivity contribution is -0.139. The third-order valence-electron chi connectivity index (χ3n) is 5.80. The van der Waals surface area contributed by atoms with E-state index >= 15 is 0 Å². The maximum Gasteiger partial charge on any atom is 0.317 e. The van der Waals surface area contributed by atoms with Crippen molar-refractivity contribution in [3.63, 3.8) is 0 Å². The second kappa shape index (κ2) is 10.8. The third kappa shape index (κ3) is 5.36. The van der Waals surface area contributed by atoms with Crippen molar-refractivity contribution in [1.82, 2.24) is 10.6 Å². The summed E-state index contributed by atoms with van der Waals surface area (Å²) in [5.41, 5.74) is -0.208. The van der Waals surface area contributed by atoms with Crippen LogP contribution in [0.5, 0.6) is 0 Å². The largest absolute Gasteiger partial charge is 0.467 e. The molecule has 2 heterocycles. The quantitative estimate of drug-likeness (QED) is 0.514. The van der Waals surface area contributed by atoms with Gasteiger partial charge in [-0.05, 0) is 49.2 Å². The Morgan fingerprint density at radius 2 is 1.71 bits per heavy atom. The van der Waals surface area contributed by atoms with E-state index in [0.717, 1.165) is 43.1 Å². The van der Waals surface area contributed by atoms with E-state index in [1.165, 1.54) is 36.8 Å². The van der Waals surface area contributed by atoms with Crippen LogP contribution in [0.1, 0.15) is 49.7 Å². The molecule has 1 fully saturated rings. The molecule has 3 aromatic rings. The number of nitrogens with zero attached hydrogens (tertiary/aromatic N) is 1. The summed E-state index contributed by atoms with van der Waals surface area (Å²) in [6.07, 6.45) is 7.34. The molecule has 4 rings (SSSR count). The van der Waals surface area contributed by atoms with Crippen molar-refractivity contribution < 1.29 is 27.6 Å². The Balaban J connectivity index is 1.66. The second-order valence-corrected chi connectivity index (χ2v) is 8.15. The normalized spacial score (nSPS) is 14.9. The molecule has 0 radical (unpaired) electrons. The van der Waals surface area contributed by atoms with Crippen molar-refractivity contribution in [2.75, 3.05) is 4.90 Å². The van der Waals surface area contributed by atoms with E-state index in [0.29, 0.717) is 5.76 Å². The molecular formula is C25H26FN3O5. The number of anilines is 1. The first-order chi connectivity index (χ1) is 16.5. The van der Waals surface area contributed by atoms with E-state index in [4.69, 9.17) is 8.83 Å². The first-order valence-corrected chi connectivity index (χ1v) is 11.3. The van der Waals surface area contributed by atoms with Gasteiger partial charge in [-0.25, -0.2) is 4.39 Å². The van der Waals surface area contributed by atoms with Gasteiger partial charge in [-0.15, -0.1) is 0 Å². The lowest BCUT2D eigenvalue weighted by atomic mass is 9.95. The highest BCUT2D eigenvalue weighted by Crippen LogP contribution is 2.31. The molecule has 178 valence electrons. The van der Waals surface area contributed by atoms with Gasteiger partial charge in [0.15, 0.2) is 6.04 Å². The van der Waals surface area contributed by atoms with Crippen LogP contribution in [0, 0.1) is 5.82 Å². The lowest BCUT2D eigenvalue weighted by Gasteiger charge is -2.30. The fraction of sp³-hybridized carbons (Fsp3) is 0.320. The minimum atomic E-state index is -1.42. The lowest BCUT2D eigenvalue weighted by Crippen LogP contribution is -2.51. The predicted octanol–water partition coefficient (Wildman–Crippen LogP) is 3.85. The molecular weight excluding hydrogens is 441 g/mol. The Hall–Kier alpha value is -3.88. The number of carbonyl (C=O) groups is 3. The number of amides is 3. The maximum absolute atomic E-state index is 14.9. The van der Waals surface area contributed by atoms with Crippen molar-refractivity contribution in [1.29, 1.82) is 0 Å². The Labute approximate surface area is 196 Å². The summed E-state index contributed by atoms with van der Waals surface area (Å²) >= 11 is 0. The van der Waals surface area contributed by atoms with Crippen molar-refractivity contribution >= 4 is 23.4 Å². The Kier molecular flexibility index (Phi) is 7.41. The maximum atomic E-state index is 14.9. The van der Waals surface area contributed by atoms with Gasteiger partial charge >= 0.3 is 11.8 Å². The SMILES string of the molecule is O=C(NC1CCCCC1)C(=O)N(c1ccccc1F)[C@H](C(=O)NCc1ccco1)c1ccco1. The van der Waals surface area contributed by atoms with E-state index in [1.54, 1.807) is 18.2 Å². The van der Waals surface area contributed by atoms with Gasteiger partial charge in [0.05, 0.1) is 24.8 Å². The van der Waals surface area contributed by atoms with Gasteiger partial charge in [0.2, 0.25) is 0 Å². The molecule has 1 aromatic carbocycles. The summed E-state index contributed by atoms with van der Waals surface area (Å²) in [6.45, 7) is 0.0383. The van der Waals surface area contributed by atoms with E-state index in [-0.39, 0.29) is 24.0 Å². The first-order valence-electron chi connectivity index (χ1n) is 11.3. The molecule has 2 aromatic heterocycles. The Bertz CT molecular complexity index is 1110. The number of nitrogens with one attached hydrogen (secondary N) is 2. The Morgan fingerprint density at radius 3 is 2.38 bits per heavy atom. The van der Waals surface area contributed by atoms with Crippen LogP contribution in [0.2, 0.25) is 0 Å². The van der Waals surface area contributed by atoms with Gasteiger partial charge in [-0.2, -0.15) is 0 Å². The van der Waals surface area contributed by atoms with Gasteiger partial charge in [0.1, 0.15) is 17.3 Å². The fourth-order valence-electron chi connectivity index (χ4n) is 4.12. The summed E-state index contributed by atoms with van der Waals surface area (Å²) in [7, 11) is 0. The molecule has 0 aliphatic heterocycles. The molecule has 1 aliphatic carbocycles. The van der Waals surface area contributed by atoms with Crippen LogP contribution < -0.4 is 15.5 Å². The molecule has 2 N–H and O–H groups in total. The molecule has 0 bridgehead atoms. The Morgan fingerprint density at radius 1 is 0.971 bits per heavy atom. The van der Waals surface area contributed by atoms with Crippen molar-refractivity contribution in [2.45, 2.75) is 50.7 Å². The zero-order valence-electron chi connectivity index (χ0n) is 18.5. The zero-order chi connectivity index (χ0) is 23.9. The van der Waals surface area contributed by atoms with Crippen LogP contribution >= 0.6 is 0 Å². The molecule has 0 spiro atoms. The number of hydrogen-bond acceptors (Lipinski definition) is 5. The van der Waals surface area contributed by atoms with E-state index in [1.807, 2.05) is 0 Å². The van der Waals surface area contributed by atoms with Crippen LogP contribution in [0.15, 0.2) is 69.9 Å². The molecule has 0 saturated heterocycles. The van der Waals surface area contributed by atoms with Gasteiger partial charge < -0.3 is 19.5 Å². The van der Waals surface area contributed by atoms with Crippen LogP contribution in [0.25, 0.3) is 0 Å². The van der Waals surface area contributed by atoms with Crippen molar-refractivity contribution in [2.24, 2.45) is 0 Å². The third-order valence-corrected chi connectivity index (χ3v) is 5.80. The molecule has 0 unspecified atom stereocenters. The number of rotatable bonds is 7. The number of furan rings is 2. The van der Waals surface area contributed by atoms with Crippen LogP contribution in [0.4, 0.5) is 10.1 Å². The van der Waals surface area contributed by atoms with E-state index in [2.05, 4.69) is 10.6 Å². The monoisotopic (exact) mass is 467 g/mol. The minimum Gasteiger partial charge on any atom is -0.467 e. The van der Waals surface area contributed by atoms with Crippen LogP contribution in [-0.2, 0) is 20.9 Å².